The van der Waals surface area contributed by atoms with Crippen LogP contribution in [0.5, 0.6) is 5.88 Å². The smallest absolute Gasteiger partial charge is 0.350 e. The third kappa shape index (κ3) is 4.52. The summed E-state index contributed by atoms with van der Waals surface area (Å²) in [5.41, 5.74) is -0.892. The molecule has 0 aromatic carbocycles. The van der Waals surface area contributed by atoms with Gasteiger partial charge >= 0.3 is 11.6 Å². The molecule has 1 fully saturated rings. The number of aliphatic hydroxyl groups is 1. The molecule has 2 rings (SSSR count). The summed E-state index contributed by atoms with van der Waals surface area (Å²) in [6, 6.07) is 1.02. The number of hydrogen-bond acceptors (Lipinski definition) is 6. The third-order valence-electron chi connectivity index (χ3n) is 3.54. The molecular weight excluding hydrogens is 306 g/mol. The fraction of sp³-hybridized carbons (Fsp3) is 0.769. The van der Waals surface area contributed by atoms with Gasteiger partial charge in [-0.05, 0) is 18.9 Å². The van der Waals surface area contributed by atoms with E-state index < -0.39 is 18.6 Å². The third-order valence-corrected chi connectivity index (χ3v) is 5.24. The van der Waals surface area contributed by atoms with Crippen molar-refractivity contribution in [2.45, 2.75) is 50.9 Å². The zero-order valence-corrected chi connectivity index (χ0v) is 14.2. The van der Waals surface area contributed by atoms with E-state index in [9.17, 15) is 15.2 Å². The van der Waals surface area contributed by atoms with Crippen molar-refractivity contribution in [3.63, 3.8) is 0 Å². The van der Waals surface area contributed by atoms with Crippen LogP contribution >= 0.6 is 0 Å². The van der Waals surface area contributed by atoms with Crippen LogP contribution in [0.4, 0.5) is 5.69 Å². The lowest BCUT2D eigenvalue weighted by molar-refractivity contribution is -0.386. The molecule has 0 radical (unpaired) electrons. The van der Waals surface area contributed by atoms with Crippen molar-refractivity contribution < 1.29 is 19.5 Å². The summed E-state index contributed by atoms with van der Waals surface area (Å²) in [6.07, 6.45) is 2.66. The maximum absolute atomic E-state index is 11.1. The van der Waals surface area contributed by atoms with Gasteiger partial charge in [-0.15, -0.1) is 5.10 Å². The molecule has 0 saturated heterocycles. The van der Waals surface area contributed by atoms with Gasteiger partial charge in [-0.1, -0.05) is 19.6 Å². The normalized spacial score (nSPS) is 16.5. The molecule has 1 N–H and O–H groups in total. The van der Waals surface area contributed by atoms with E-state index >= 15 is 0 Å². The molecule has 1 aliphatic rings. The van der Waals surface area contributed by atoms with E-state index in [-0.39, 0.29) is 24.9 Å². The lowest BCUT2D eigenvalue weighted by Crippen LogP contribution is -2.23. The van der Waals surface area contributed by atoms with E-state index in [2.05, 4.69) is 24.7 Å². The van der Waals surface area contributed by atoms with Gasteiger partial charge in [0.05, 0.1) is 11.5 Å². The van der Waals surface area contributed by atoms with E-state index in [1.165, 1.54) is 10.9 Å². The molecule has 0 bridgehead atoms. The average Bonchev–Trinajstić information content (AvgIpc) is 3.07. The summed E-state index contributed by atoms with van der Waals surface area (Å²) in [5, 5.41) is 24.4. The zero-order chi connectivity index (χ0) is 16.4. The number of rotatable bonds is 9. The van der Waals surface area contributed by atoms with Crippen LogP contribution in [0.2, 0.25) is 25.7 Å². The van der Waals surface area contributed by atoms with Gasteiger partial charge in [-0.25, -0.2) is 4.68 Å². The highest BCUT2D eigenvalue weighted by molar-refractivity contribution is 6.76. The molecule has 0 aliphatic heterocycles. The molecular formula is C13H23N3O5Si. The number of aromatic nitrogens is 2. The highest BCUT2D eigenvalue weighted by Crippen LogP contribution is 2.41. The Morgan fingerprint density at radius 3 is 2.68 bits per heavy atom. The van der Waals surface area contributed by atoms with Crippen molar-refractivity contribution >= 4 is 13.8 Å². The van der Waals surface area contributed by atoms with Crippen molar-refractivity contribution in [3.8, 4) is 5.88 Å². The van der Waals surface area contributed by atoms with Crippen LogP contribution in [0.25, 0.3) is 0 Å². The van der Waals surface area contributed by atoms with Gasteiger partial charge < -0.3 is 14.6 Å². The van der Waals surface area contributed by atoms with Gasteiger partial charge in [-0.2, -0.15) is 0 Å². The van der Waals surface area contributed by atoms with E-state index in [1.807, 2.05) is 0 Å². The molecule has 1 aliphatic carbocycles. The first-order valence-electron chi connectivity index (χ1n) is 7.34. The van der Waals surface area contributed by atoms with Crippen LogP contribution in [0, 0.1) is 10.1 Å². The predicted molar refractivity (Wildman–Crippen MR) is 82.7 cm³/mol. The summed E-state index contributed by atoms with van der Waals surface area (Å²) in [5.74, 6) is -0.0506. The molecule has 124 valence electrons. The molecule has 1 aromatic rings. The van der Waals surface area contributed by atoms with Gasteiger partial charge in [0.2, 0.25) is 0 Å². The van der Waals surface area contributed by atoms with Crippen LogP contribution in [-0.4, -0.2) is 46.7 Å². The fourth-order valence-electron chi connectivity index (χ4n) is 1.83. The monoisotopic (exact) mass is 329 g/mol. The Morgan fingerprint density at radius 2 is 2.18 bits per heavy atom. The Labute approximate surface area is 130 Å². The van der Waals surface area contributed by atoms with E-state index in [0.717, 1.165) is 6.04 Å². The summed E-state index contributed by atoms with van der Waals surface area (Å²) >= 11 is 0. The highest BCUT2D eigenvalue weighted by atomic mass is 28.3. The van der Waals surface area contributed by atoms with Crippen LogP contribution in [0.3, 0.4) is 0 Å². The number of hydrogen-bond donors (Lipinski definition) is 1. The van der Waals surface area contributed by atoms with Crippen LogP contribution in [0.1, 0.15) is 12.8 Å². The Balaban J connectivity index is 1.96. The van der Waals surface area contributed by atoms with Crippen LogP contribution < -0.4 is 4.74 Å². The Morgan fingerprint density at radius 1 is 1.50 bits per heavy atom. The molecule has 8 nitrogen and oxygen atoms in total. The van der Waals surface area contributed by atoms with Crippen molar-refractivity contribution in [1.82, 2.24) is 9.78 Å². The lowest BCUT2D eigenvalue weighted by atomic mass is 10.4. The molecule has 0 spiro atoms. The minimum absolute atomic E-state index is 0.0506. The maximum atomic E-state index is 11.1. The first kappa shape index (κ1) is 16.9. The maximum Gasteiger partial charge on any atom is 0.350 e. The summed E-state index contributed by atoms with van der Waals surface area (Å²) in [4.78, 5) is 10.5. The molecule has 0 amide bonds. The first-order chi connectivity index (χ1) is 10.2. The van der Waals surface area contributed by atoms with Crippen molar-refractivity contribution in [2.75, 3.05) is 13.2 Å². The largest absolute Gasteiger partial charge is 0.463 e. The molecule has 1 saturated carbocycles. The Hall–Kier alpha value is -1.45. The minimum atomic E-state index is -1.16. The van der Waals surface area contributed by atoms with Crippen LogP contribution in [0.15, 0.2) is 6.20 Å². The summed E-state index contributed by atoms with van der Waals surface area (Å²) in [6.45, 7) is 7.37. The van der Waals surface area contributed by atoms with Gasteiger partial charge in [-0.3, -0.25) is 10.1 Å². The quantitative estimate of drug-likeness (QED) is 0.322. The minimum Gasteiger partial charge on any atom is -0.463 e. The standard InChI is InChI=1S/C13H23N3O5Si/c1-22(2,3)7-6-20-10-15-8-11(16(18)19)12(14-15)21-13(9-17)4-5-13/h8,17H,4-7,9-10H2,1-3H3. The molecule has 0 unspecified atom stereocenters. The average molecular weight is 329 g/mol. The van der Waals surface area contributed by atoms with Gasteiger partial charge in [0.15, 0.2) is 0 Å². The van der Waals surface area contributed by atoms with E-state index in [1.54, 1.807) is 0 Å². The van der Waals surface area contributed by atoms with Gasteiger partial charge in [0.25, 0.3) is 0 Å². The van der Waals surface area contributed by atoms with Crippen molar-refractivity contribution in [2.24, 2.45) is 0 Å². The highest BCUT2D eigenvalue weighted by Gasteiger charge is 2.47. The molecule has 1 heterocycles. The predicted octanol–water partition coefficient (Wildman–Crippen LogP) is 2.01. The topological polar surface area (TPSA) is 99.7 Å². The molecule has 22 heavy (non-hydrogen) atoms. The van der Waals surface area contributed by atoms with E-state index in [4.69, 9.17) is 9.47 Å². The second kappa shape index (κ2) is 6.35. The number of ether oxygens (including phenoxy) is 2. The number of nitrogens with zero attached hydrogens (tertiary/aromatic N) is 3. The zero-order valence-electron chi connectivity index (χ0n) is 13.2. The number of nitro groups is 1. The second-order valence-electron chi connectivity index (χ2n) is 6.91. The van der Waals surface area contributed by atoms with Crippen LogP contribution in [-0.2, 0) is 11.5 Å². The number of aliphatic hydroxyl groups excluding tert-OH is 1. The summed E-state index contributed by atoms with van der Waals surface area (Å²) < 4.78 is 12.4. The Bertz CT molecular complexity index is 536. The molecule has 1 aromatic heterocycles. The van der Waals surface area contributed by atoms with Crippen molar-refractivity contribution in [3.05, 3.63) is 16.3 Å². The lowest BCUT2D eigenvalue weighted by Gasteiger charge is -2.15. The second-order valence-corrected chi connectivity index (χ2v) is 12.5. The fourth-order valence-corrected chi connectivity index (χ4v) is 2.59. The Kier molecular flexibility index (Phi) is 4.88. The van der Waals surface area contributed by atoms with E-state index in [0.29, 0.717) is 19.4 Å². The van der Waals surface area contributed by atoms with Gasteiger partial charge in [0, 0.05) is 14.7 Å². The molecule has 0 atom stereocenters. The van der Waals surface area contributed by atoms with Gasteiger partial charge in [0.1, 0.15) is 18.5 Å². The SMILES string of the molecule is C[Si](C)(C)CCOCn1cc([N+](=O)[O-])c(OC2(CO)CC2)n1. The van der Waals surface area contributed by atoms with Crippen molar-refractivity contribution in [1.29, 1.82) is 0 Å². The molecule has 9 heteroatoms. The summed E-state index contributed by atoms with van der Waals surface area (Å²) in [7, 11) is -1.16. The first-order valence-corrected chi connectivity index (χ1v) is 11.0.